The second kappa shape index (κ2) is 7.54. The van der Waals surface area contributed by atoms with Crippen LogP contribution in [0.4, 0.5) is 0 Å². The summed E-state index contributed by atoms with van der Waals surface area (Å²) < 4.78 is 5.33. The summed E-state index contributed by atoms with van der Waals surface area (Å²) in [7, 11) is 0. The van der Waals surface area contributed by atoms with E-state index in [9.17, 15) is 9.90 Å². The molecule has 0 spiro atoms. The summed E-state index contributed by atoms with van der Waals surface area (Å²) in [5, 5.41) is 22.9. The molecule has 0 bridgehead atoms. The van der Waals surface area contributed by atoms with Gasteiger partial charge in [-0.15, -0.1) is 0 Å². The van der Waals surface area contributed by atoms with Gasteiger partial charge in [-0.1, -0.05) is 0 Å². The van der Waals surface area contributed by atoms with E-state index in [1.165, 1.54) is 0 Å². The quantitative estimate of drug-likeness (QED) is 0.655. The van der Waals surface area contributed by atoms with Crippen LogP contribution in [0.2, 0.25) is 0 Å². The van der Waals surface area contributed by atoms with Crippen molar-refractivity contribution in [1.82, 2.24) is 10.2 Å². The zero-order valence-corrected chi connectivity index (χ0v) is 12.9. The van der Waals surface area contributed by atoms with Crippen LogP contribution in [0, 0.1) is 5.92 Å². The van der Waals surface area contributed by atoms with Crippen LogP contribution in [-0.4, -0.2) is 72.1 Å². The Balaban J connectivity index is 1.68. The number of carbonyl (C=O) groups is 1. The topological polar surface area (TPSA) is 82.0 Å². The van der Waals surface area contributed by atoms with Crippen molar-refractivity contribution in [3.8, 4) is 0 Å². The van der Waals surface area contributed by atoms with Crippen molar-refractivity contribution in [3.05, 3.63) is 0 Å². The maximum absolute atomic E-state index is 10.9. The lowest BCUT2D eigenvalue weighted by atomic mass is 9.78. The third-order valence-corrected chi connectivity index (χ3v) is 4.68. The van der Waals surface area contributed by atoms with Gasteiger partial charge in [0, 0.05) is 32.2 Å². The van der Waals surface area contributed by atoms with E-state index < -0.39 is 11.6 Å². The molecule has 21 heavy (non-hydrogen) atoms. The largest absolute Gasteiger partial charge is 0.481 e. The zero-order valence-electron chi connectivity index (χ0n) is 12.9. The summed E-state index contributed by atoms with van der Waals surface area (Å²) in [6.07, 6.45) is 2.29. The number of carboxylic acids is 1. The number of hydrogen-bond acceptors (Lipinski definition) is 5. The van der Waals surface area contributed by atoms with Gasteiger partial charge in [-0.3, -0.25) is 9.69 Å². The van der Waals surface area contributed by atoms with Crippen molar-refractivity contribution in [2.24, 2.45) is 5.92 Å². The molecule has 3 N–H and O–H groups in total. The molecule has 2 aliphatic rings. The fourth-order valence-corrected chi connectivity index (χ4v) is 3.18. The van der Waals surface area contributed by atoms with Crippen LogP contribution in [0.1, 0.15) is 32.6 Å². The minimum atomic E-state index is -0.745. The van der Waals surface area contributed by atoms with E-state index in [4.69, 9.17) is 9.84 Å². The highest BCUT2D eigenvalue weighted by molar-refractivity contribution is 5.70. The van der Waals surface area contributed by atoms with Crippen molar-refractivity contribution in [3.63, 3.8) is 0 Å². The van der Waals surface area contributed by atoms with E-state index in [2.05, 4.69) is 17.1 Å². The fourth-order valence-electron chi connectivity index (χ4n) is 3.18. The Kier molecular flexibility index (Phi) is 5.98. The minimum Gasteiger partial charge on any atom is -0.481 e. The molecule has 0 aromatic carbocycles. The molecule has 0 aromatic heterocycles. The number of ether oxygens (including phenoxy) is 1. The molecule has 1 heterocycles. The number of aliphatic carboxylic acids is 1. The van der Waals surface area contributed by atoms with Crippen molar-refractivity contribution >= 4 is 5.97 Å². The molecule has 6 heteroatoms. The molecule has 1 saturated carbocycles. The molecule has 0 aromatic rings. The van der Waals surface area contributed by atoms with Crippen LogP contribution < -0.4 is 5.32 Å². The van der Waals surface area contributed by atoms with Crippen molar-refractivity contribution < 1.29 is 19.7 Å². The van der Waals surface area contributed by atoms with Crippen molar-refractivity contribution in [2.45, 2.75) is 44.2 Å². The average molecular weight is 300 g/mol. The van der Waals surface area contributed by atoms with Gasteiger partial charge in [0.25, 0.3) is 0 Å². The van der Waals surface area contributed by atoms with Gasteiger partial charge in [0.15, 0.2) is 0 Å². The summed E-state index contributed by atoms with van der Waals surface area (Å²) >= 11 is 0. The Hall–Kier alpha value is -0.690. The molecule has 6 nitrogen and oxygen atoms in total. The first-order valence-electron chi connectivity index (χ1n) is 7.97. The molecule has 1 aliphatic heterocycles. The molecule has 1 unspecified atom stereocenters. The van der Waals surface area contributed by atoms with Crippen molar-refractivity contribution in [1.29, 1.82) is 0 Å². The minimum absolute atomic E-state index is 0.281. The second-order valence-corrected chi connectivity index (χ2v) is 6.53. The highest BCUT2D eigenvalue weighted by Crippen LogP contribution is 2.31. The smallest absolute Gasteiger partial charge is 0.306 e. The predicted molar refractivity (Wildman–Crippen MR) is 79.3 cm³/mol. The lowest BCUT2D eigenvalue weighted by molar-refractivity contribution is -0.144. The van der Waals surface area contributed by atoms with E-state index in [1.807, 2.05) is 0 Å². The Morgan fingerprint density at radius 2 is 2.00 bits per heavy atom. The van der Waals surface area contributed by atoms with E-state index in [0.29, 0.717) is 38.3 Å². The van der Waals surface area contributed by atoms with Crippen LogP contribution in [0.15, 0.2) is 0 Å². The number of hydrogen-bond donors (Lipinski definition) is 3. The average Bonchev–Trinajstić information content (AvgIpc) is 2.47. The summed E-state index contributed by atoms with van der Waals surface area (Å²) in [6.45, 7) is 7.16. The first kappa shape index (κ1) is 16.7. The molecule has 122 valence electrons. The maximum atomic E-state index is 10.9. The van der Waals surface area contributed by atoms with Crippen molar-refractivity contribution in [2.75, 3.05) is 39.4 Å². The number of carboxylic acid groups (broad SMARTS) is 1. The summed E-state index contributed by atoms with van der Waals surface area (Å²) in [5.41, 5.74) is -0.745. The van der Waals surface area contributed by atoms with E-state index in [0.717, 1.165) is 32.8 Å². The van der Waals surface area contributed by atoms with Crippen LogP contribution in [-0.2, 0) is 9.53 Å². The molecule has 2 fully saturated rings. The Labute approximate surface area is 126 Å². The molecule has 0 amide bonds. The predicted octanol–water partition coefficient (Wildman–Crippen LogP) is 0.303. The SMILES string of the molecule is CC(CN1CCOCC1)NCC1(O)CCC(C(=O)O)CC1. The molecular weight excluding hydrogens is 272 g/mol. The van der Waals surface area contributed by atoms with Crippen LogP contribution in [0.5, 0.6) is 0 Å². The van der Waals surface area contributed by atoms with Gasteiger partial charge in [-0.25, -0.2) is 0 Å². The van der Waals surface area contributed by atoms with Gasteiger partial charge in [0.2, 0.25) is 0 Å². The summed E-state index contributed by atoms with van der Waals surface area (Å²) in [6, 6.07) is 0.310. The van der Waals surface area contributed by atoms with Gasteiger partial charge in [-0.05, 0) is 32.6 Å². The van der Waals surface area contributed by atoms with Gasteiger partial charge in [0.1, 0.15) is 0 Å². The highest BCUT2D eigenvalue weighted by atomic mass is 16.5. The van der Waals surface area contributed by atoms with Gasteiger partial charge in [0.05, 0.1) is 24.7 Å². The number of rotatable bonds is 6. The third kappa shape index (κ3) is 5.21. The molecular formula is C15H28N2O4. The molecule has 0 radical (unpaired) electrons. The Bertz CT molecular complexity index is 337. The zero-order chi connectivity index (χ0) is 15.3. The second-order valence-electron chi connectivity index (χ2n) is 6.53. The summed E-state index contributed by atoms with van der Waals surface area (Å²) in [5.74, 6) is -1.01. The highest BCUT2D eigenvalue weighted by Gasteiger charge is 2.35. The van der Waals surface area contributed by atoms with E-state index in [1.54, 1.807) is 0 Å². The molecule has 2 rings (SSSR count). The van der Waals surface area contributed by atoms with Gasteiger partial charge in [-0.2, -0.15) is 0 Å². The van der Waals surface area contributed by atoms with E-state index in [-0.39, 0.29) is 5.92 Å². The molecule has 1 saturated heterocycles. The standard InChI is InChI=1S/C15H28N2O4/c1-12(10-17-6-8-21-9-7-17)16-11-15(20)4-2-13(3-5-15)14(18)19/h12-13,16,20H,2-11H2,1H3,(H,18,19). The Morgan fingerprint density at radius 3 is 2.57 bits per heavy atom. The lowest BCUT2D eigenvalue weighted by Gasteiger charge is -2.36. The number of nitrogens with one attached hydrogen (secondary N) is 1. The maximum Gasteiger partial charge on any atom is 0.306 e. The number of morpholine rings is 1. The molecule has 1 atom stereocenters. The van der Waals surface area contributed by atoms with Crippen LogP contribution in [0.25, 0.3) is 0 Å². The third-order valence-electron chi connectivity index (χ3n) is 4.68. The normalized spacial score (nSPS) is 32.8. The first-order chi connectivity index (χ1) is 9.98. The van der Waals surface area contributed by atoms with Crippen LogP contribution in [0.3, 0.4) is 0 Å². The van der Waals surface area contributed by atoms with Gasteiger partial charge < -0.3 is 20.3 Å². The van der Waals surface area contributed by atoms with E-state index >= 15 is 0 Å². The first-order valence-corrected chi connectivity index (χ1v) is 7.97. The fraction of sp³-hybridized carbons (Fsp3) is 0.933. The lowest BCUT2D eigenvalue weighted by Crippen LogP contribution is -2.50. The monoisotopic (exact) mass is 300 g/mol. The van der Waals surface area contributed by atoms with Gasteiger partial charge >= 0.3 is 5.97 Å². The molecule has 1 aliphatic carbocycles. The van der Waals surface area contributed by atoms with Crippen LogP contribution >= 0.6 is 0 Å². The Morgan fingerprint density at radius 1 is 1.38 bits per heavy atom. The number of aliphatic hydroxyl groups is 1. The number of nitrogens with zero attached hydrogens (tertiary/aromatic N) is 1. The summed E-state index contributed by atoms with van der Waals surface area (Å²) in [4.78, 5) is 13.3.